The molecule has 1 rings (SSSR count). The van der Waals surface area contributed by atoms with Crippen molar-refractivity contribution in [1.29, 1.82) is 0 Å². The summed E-state index contributed by atoms with van der Waals surface area (Å²) in [6, 6.07) is 5.19. The van der Waals surface area contributed by atoms with Crippen molar-refractivity contribution in [2.45, 2.75) is 12.2 Å². The van der Waals surface area contributed by atoms with Crippen LogP contribution in [0.15, 0.2) is 18.2 Å². The van der Waals surface area contributed by atoms with Crippen LogP contribution in [0.2, 0.25) is 0 Å². The van der Waals surface area contributed by atoms with Gasteiger partial charge < -0.3 is 15.8 Å². The third-order valence-electron chi connectivity index (χ3n) is 2.43. The van der Waals surface area contributed by atoms with E-state index in [9.17, 15) is 4.79 Å². The second-order valence-electron chi connectivity index (χ2n) is 3.72. The fourth-order valence-electron chi connectivity index (χ4n) is 1.33. The van der Waals surface area contributed by atoms with E-state index in [-0.39, 0.29) is 5.97 Å². The van der Waals surface area contributed by atoms with E-state index in [2.05, 4.69) is 18.5 Å². The molecule has 1 aromatic rings. The molecule has 3 N–H and O–H groups in total. The molecule has 0 amide bonds. The van der Waals surface area contributed by atoms with Gasteiger partial charge in [-0.3, -0.25) is 0 Å². The van der Waals surface area contributed by atoms with Gasteiger partial charge in [-0.2, -0.15) is 11.8 Å². The minimum atomic E-state index is -0.378. The largest absolute Gasteiger partial charge is 0.465 e. The smallest absolute Gasteiger partial charge is 0.340 e. The molecule has 0 saturated carbocycles. The maximum absolute atomic E-state index is 11.6. The molecule has 0 aromatic heterocycles. The van der Waals surface area contributed by atoms with Crippen molar-refractivity contribution in [2.75, 3.05) is 31.0 Å². The lowest BCUT2D eigenvalue weighted by Crippen LogP contribution is -2.15. The highest BCUT2D eigenvalue weighted by molar-refractivity contribution is 7.99. The van der Waals surface area contributed by atoms with E-state index in [1.807, 2.05) is 0 Å². The van der Waals surface area contributed by atoms with Gasteiger partial charge in [0.25, 0.3) is 0 Å². The van der Waals surface area contributed by atoms with Crippen LogP contribution in [-0.2, 0) is 4.74 Å². The lowest BCUT2D eigenvalue weighted by atomic mass is 10.1. The molecule has 5 heteroatoms. The lowest BCUT2D eigenvalue weighted by molar-refractivity contribution is 0.0602. The van der Waals surface area contributed by atoms with Crippen molar-refractivity contribution in [2.24, 2.45) is 0 Å². The van der Waals surface area contributed by atoms with Gasteiger partial charge in [-0.1, -0.05) is 6.92 Å². The summed E-state index contributed by atoms with van der Waals surface area (Å²) in [5, 5.41) is 3.70. The number of carbonyl (C=O) groups is 1. The molecule has 1 atom stereocenters. The number of hydrogen-bond acceptors (Lipinski definition) is 5. The Labute approximate surface area is 106 Å². The monoisotopic (exact) mass is 254 g/mol. The van der Waals surface area contributed by atoms with Crippen LogP contribution in [0, 0.1) is 0 Å². The summed E-state index contributed by atoms with van der Waals surface area (Å²) in [7, 11) is 1.36. The number of benzene rings is 1. The first-order valence-electron chi connectivity index (χ1n) is 5.33. The summed E-state index contributed by atoms with van der Waals surface area (Å²) in [6.45, 7) is 2.90. The number of anilines is 2. The molecule has 1 aromatic carbocycles. The van der Waals surface area contributed by atoms with Gasteiger partial charge in [0, 0.05) is 23.2 Å². The predicted octanol–water partition coefficient (Wildman–Crippen LogP) is 2.22. The summed E-state index contributed by atoms with van der Waals surface area (Å²) in [5.41, 5.74) is 7.44. The van der Waals surface area contributed by atoms with Crippen molar-refractivity contribution < 1.29 is 9.53 Å². The average Bonchev–Trinajstić information content (AvgIpc) is 2.35. The van der Waals surface area contributed by atoms with E-state index in [0.29, 0.717) is 16.5 Å². The number of esters is 1. The second kappa shape index (κ2) is 6.39. The molecule has 0 fully saturated rings. The van der Waals surface area contributed by atoms with E-state index in [1.54, 1.807) is 30.0 Å². The Bertz CT molecular complexity index is 396. The van der Waals surface area contributed by atoms with Crippen LogP contribution >= 0.6 is 11.8 Å². The fourth-order valence-corrected chi connectivity index (χ4v) is 1.58. The number of ether oxygens (including phenoxy) is 1. The standard InChI is InChI=1S/C12H18N2O2S/c1-8(17-3)7-14-11-5-4-9(13)6-10(11)12(15)16-2/h4-6,8,14H,7,13H2,1-3H3. The molecule has 4 nitrogen and oxygen atoms in total. The Morgan fingerprint density at radius 1 is 1.59 bits per heavy atom. The third kappa shape index (κ3) is 3.85. The maximum atomic E-state index is 11.6. The molecular weight excluding hydrogens is 236 g/mol. The van der Waals surface area contributed by atoms with E-state index >= 15 is 0 Å². The highest BCUT2D eigenvalue weighted by Gasteiger charge is 2.12. The molecule has 0 aliphatic rings. The van der Waals surface area contributed by atoms with Crippen LogP contribution in [0.3, 0.4) is 0 Å². The quantitative estimate of drug-likeness (QED) is 0.623. The molecule has 94 valence electrons. The van der Waals surface area contributed by atoms with Crippen molar-refractivity contribution in [3.63, 3.8) is 0 Å². The molecular formula is C12H18N2O2S. The molecule has 0 heterocycles. The van der Waals surface area contributed by atoms with Crippen molar-refractivity contribution in [1.82, 2.24) is 0 Å². The number of rotatable bonds is 5. The Hall–Kier alpha value is -1.36. The summed E-state index contributed by atoms with van der Waals surface area (Å²) in [6.07, 6.45) is 2.05. The average molecular weight is 254 g/mol. The molecule has 0 radical (unpaired) electrons. The van der Waals surface area contributed by atoms with Crippen LogP contribution in [0.4, 0.5) is 11.4 Å². The van der Waals surface area contributed by atoms with Crippen molar-refractivity contribution in [3.05, 3.63) is 23.8 Å². The summed E-state index contributed by atoms with van der Waals surface area (Å²) in [5.74, 6) is -0.378. The van der Waals surface area contributed by atoms with Gasteiger partial charge in [-0.15, -0.1) is 0 Å². The van der Waals surface area contributed by atoms with E-state index in [0.717, 1.165) is 12.2 Å². The number of nitrogens with one attached hydrogen (secondary N) is 1. The van der Waals surface area contributed by atoms with Crippen LogP contribution in [0.25, 0.3) is 0 Å². The fraction of sp³-hybridized carbons (Fsp3) is 0.417. The highest BCUT2D eigenvalue weighted by Crippen LogP contribution is 2.20. The summed E-state index contributed by atoms with van der Waals surface area (Å²) < 4.78 is 4.73. The van der Waals surface area contributed by atoms with Crippen molar-refractivity contribution in [3.8, 4) is 0 Å². The van der Waals surface area contributed by atoms with Gasteiger partial charge >= 0.3 is 5.97 Å². The highest BCUT2D eigenvalue weighted by atomic mass is 32.2. The van der Waals surface area contributed by atoms with Gasteiger partial charge in [0.05, 0.1) is 12.7 Å². The first-order valence-corrected chi connectivity index (χ1v) is 6.61. The summed E-state index contributed by atoms with van der Waals surface area (Å²) in [4.78, 5) is 11.6. The Balaban J connectivity index is 2.86. The van der Waals surface area contributed by atoms with Gasteiger partial charge in [0.15, 0.2) is 0 Å². The molecule has 0 spiro atoms. The molecule has 0 aliphatic carbocycles. The number of methoxy groups -OCH3 is 1. The molecule has 1 unspecified atom stereocenters. The second-order valence-corrected chi connectivity index (χ2v) is 5.00. The Kier molecular flexibility index (Phi) is 5.15. The SMILES string of the molecule is COC(=O)c1cc(N)ccc1NCC(C)SC. The number of thioether (sulfide) groups is 1. The maximum Gasteiger partial charge on any atom is 0.340 e. The van der Waals surface area contributed by atoms with Gasteiger partial charge in [0.1, 0.15) is 0 Å². The number of nitrogen functional groups attached to an aromatic ring is 1. The predicted molar refractivity (Wildman–Crippen MR) is 73.7 cm³/mol. The Morgan fingerprint density at radius 3 is 2.88 bits per heavy atom. The zero-order chi connectivity index (χ0) is 12.8. The molecule has 0 bridgehead atoms. The molecule has 17 heavy (non-hydrogen) atoms. The first kappa shape index (κ1) is 13.7. The number of nitrogens with two attached hydrogens (primary N) is 1. The van der Waals surface area contributed by atoms with Crippen molar-refractivity contribution >= 4 is 29.1 Å². The van der Waals surface area contributed by atoms with Gasteiger partial charge in [0.2, 0.25) is 0 Å². The number of carbonyl (C=O) groups excluding carboxylic acids is 1. The normalized spacial score (nSPS) is 11.9. The third-order valence-corrected chi connectivity index (χ3v) is 3.40. The zero-order valence-electron chi connectivity index (χ0n) is 10.3. The number of hydrogen-bond donors (Lipinski definition) is 2. The van der Waals surface area contributed by atoms with Crippen LogP contribution in [0.5, 0.6) is 0 Å². The van der Waals surface area contributed by atoms with E-state index < -0.39 is 0 Å². The minimum absolute atomic E-state index is 0.378. The zero-order valence-corrected chi connectivity index (χ0v) is 11.1. The lowest BCUT2D eigenvalue weighted by Gasteiger charge is -2.14. The van der Waals surface area contributed by atoms with Gasteiger partial charge in [-0.05, 0) is 24.5 Å². The van der Waals surface area contributed by atoms with Crippen LogP contribution in [-0.4, -0.2) is 31.1 Å². The van der Waals surface area contributed by atoms with Crippen LogP contribution < -0.4 is 11.1 Å². The molecule has 0 saturated heterocycles. The topological polar surface area (TPSA) is 64.3 Å². The van der Waals surface area contributed by atoms with E-state index in [4.69, 9.17) is 10.5 Å². The summed E-state index contributed by atoms with van der Waals surface area (Å²) >= 11 is 1.76. The molecule has 0 aliphatic heterocycles. The van der Waals surface area contributed by atoms with E-state index in [1.165, 1.54) is 7.11 Å². The van der Waals surface area contributed by atoms with Gasteiger partial charge in [-0.25, -0.2) is 4.79 Å². The first-order chi connectivity index (χ1) is 8.08. The minimum Gasteiger partial charge on any atom is -0.465 e. The van der Waals surface area contributed by atoms with Crippen LogP contribution in [0.1, 0.15) is 17.3 Å². The Morgan fingerprint density at radius 2 is 2.29 bits per heavy atom.